The third-order valence-corrected chi connectivity index (χ3v) is 8.78. The number of carbonyl (C=O) groups is 3. The van der Waals surface area contributed by atoms with Crippen molar-refractivity contribution in [1.29, 1.82) is 0 Å². The van der Waals surface area contributed by atoms with Crippen LogP contribution in [0.25, 0.3) is 17.0 Å². The fourth-order valence-corrected chi connectivity index (χ4v) is 6.39. The van der Waals surface area contributed by atoms with Crippen molar-refractivity contribution in [2.75, 3.05) is 19.6 Å². The minimum atomic E-state index is -4.57. The normalized spacial score (nSPS) is 18.4. The molecule has 0 bridgehead atoms. The Balaban J connectivity index is 1.23. The van der Waals surface area contributed by atoms with Crippen molar-refractivity contribution >= 4 is 57.6 Å². The van der Waals surface area contributed by atoms with Crippen molar-refractivity contribution in [1.82, 2.24) is 19.6 Å². The first-order chi connectivity index (χ1) is 21.1. The first-order valence-electron chi connectivity index (χ1n) is 14.3. The Kier molecular flexibility index (Phi) is 9.25. The van der Waals surface area contributed by atoms with Gasteiger partial charge in [0.2, 0.25) is 0 Å². The molecule has 2 aromatic carbocycles. The third kappa shape index (κ3) is 7.64. The molecule has 0 radical (unpaired) electrons. The maximum Gasteiger partial charge on any atom is 0.416 e. The molecule has 1 unspecified atom stereocenters. The van der Waals surface area contributed by atoms with E-state index in [9.17, 15) is 32.7 Å². The molecule has 0 saturated carbocycles. The second-order valence-corrected chi connectivity index (χ2v) is 13.5. The lowest BCUT2D eigenvalue weighted by Crippen LogP contribution is -2.46. The van der Waals surface area contributed by atoms with Crippen LogP contribution in [0.5, 0.6) is 0 Å². The average molecular weight is 665 g/mol. The SMILES string of the molecule is CC(C)(C)OC(=O)N1CCC(C(O)CN2C(=O)S/C(=C/c3ccc4c(cnn4Cc4ccc(Cl)cc4C(F)(F)F)c3)C2=O)CC1. The van der Waals surface area contributed by atoms with Gasteiger partial charge in [-0.05, 0) is 92.8 Å². The number of benzene rings is 2. The molecule has 2 aliphatic heterocycles. The number of β-amino-alcohol motifs (C(OH)–C–C–N with tert-alkyl or cyclic N) is 1. The minimum Gasteiger partial charge on any atom is -0.444 e. The van der Waals surface area contributed by atoms with Gasteiger partial charge >= 0.3 is 12.3 Å². The summed E-state index contributed by atoms with van der Waals surface area (Å²) in [6, 6.07) is 8.72. The number of thioether (sulfide) groups is 1. The Labute approximate surface area is 266 Å². The fourth-order valence-electron chi connectivity index (χ4n) is 5.37. The summed E-state index contributed by atoms with van der Waals surface area (Å²) >= 11 is 6.57. The number of aromatic nitrogens is 2. The lowest BCUT2D eigenvalue weighted by Gasteiger charge is -2.35. The molecule has 1 N–H and O–H groups in total. The van der Waals surface area contributed by atoms with Crippen molar-refractivity contribution in [3.63, 3.8) is 0 Å². The number of imide groups is 1. The third-order valence-electron chi connectivity index (χ3n) is 7.64. The standard InChI is InChI=1S/C31H32ClF3N4O5S/c1-30(2,3)44-28(42)37-10-8-19(9-11-37)25(40)17-38-27(41)26(45-29(38)43)13-18-4-7-24-21(12-18)15-36-39(24)16-20-5-6-22(32)14-23(20)31(33,34)35/h4-7,12-15,19,25,40H,8-11,16-17H2,1-3H3/b26-13+. The summed E-state index contributed by atoms with van der Waals surface area (Å²) in [6.45, 7) is 5.90. The molecule has 9 nitrogen and oxygen atoms in total. The highest BCUT2D eigenvalue weighted by molar-refractivity contribution is 8.18. The summed E-state index contributed by atoms with van der Waals surface area (Å²) in [5, 5.41) is 15.3. The Morgan fingerprint density at radius 3 is 2.53 bits per heavy atom. The van der Waals surface area contributed by atoms with Crippen molar-refractivity contribution in [3.05, 3.63) is 69.2 Å². The average Bonchev–Trinajstić information content (AvgIpc) is 3.47. The summed E-state index contributed by atoms with van der Waals surface area (Å²) in [5.41, 5.74) is -0.232. The smallest absolute Gasteiger partial charge is 0.416 e. The van der Waals surface area contributed by atoms with Gasteiger partial charge in [0.1, 0.15) is 5.60 Å². The van der Waals surface area contributed by atoms with E-state index >= 15 is 0 Å². The van der Waals surface area contributed by atoms with Gasteiger partial charge in [0.15, 0.2) is 0 Å². The van der Waals surface area contributed by atoms with E-state index in [2.05, 4.69) is 5.10 Å². The Bertz CT molecular complexity index is 1660. The topological polar surface area (TPSA) is 105 Å². The lowest BCUT2D eigenvalue weighted by molar-refractivity contribution is -0.138. The van der Waals surface area contributed by atoms with Gasteiger partial charge in [-0.15, -0.1) is 0 Å². The molecular weight excluding hydrogens is 633 g/mol. The highest BCUT2D eigenvalue weighted by Crippen LogP contribution is 2.36. The number of aliphatic hydroxyl groups excluding tert-OH is 1. The number of piperidine rings is 1. The van der Waals surface area contributed by atoms with Gasteiger partial charge in [0.25, 0.3) is 11.1 Å². The van der Waals surface area contributed by atoms with Crippen molar-refractivity contribution in [3.8, 4) is 0 Å². The number of amides is 3. The van der Waals surface area contributed by atoms with Gasteiger partial charge in [-0.1, -0.05) is 23.7 Å². The molecule has 14 heteroatoms. The predicted octanol–water partition coefficient (Wildman–Crippen LogP) is 6.80. The number of rotatable bonds is 6. The molecule has 5 rings (SSSR count). The monoisotopic (exact) mass is 664 g/mol. The molecule has 2 fully saturated rings. The van der Waals surface area contributed by atoms with Crippen LogP contribution >= 0.6 is 23.4 Å². The van der Waals surface area contributed by atoms with E-state index in [4.69, 9.17) is 16.3 Å². The zero-order valence-corrected chi connectivity index (χ0v) is 26.4. The van der Waals surface area contributed by atoms with E-state index in [1.807, 2.05) is 0 Å². The van der Waals surface area contributed by atoms with Gasteiger partial charge in [-0.25, -0.2) is 4.79 Å². The highest BCUT2D eigenvalue weighted by atomic mass is 35.5. The molecular formula is C31H32ClF3N4O5S. The number of halogens is 4. The van der Waals surface area contributed by atoms with Crippen LogP contribution in [0.4, 0.5) is 22.8 Å². The van der Waals surface area contributed by atoms with E-state index < -0.39 is 40.7 Å². The highest BCUT2D eigenvalue weighted by Gasteiger charge is 2.39. The zero-order valence-electron chi connectivity index (χ0n) is 24.8. The van der Waals surface area contributed by atoms with Crippen LogP contribution in [0.3, 0.4) is 0 Å². The lowest BCUT2D eigenvalue weighted by atomic mass is 9.91. The van der Waals surface area contributed by atoms with Crippen LogP contribution in [0, 0.1) is 5.92 Å². The molecule has 2 saturated heterocycles. The van der Waals surface area contributed by atoms with Crippen LogP contribution in [0.15, 0.2) is 47.5 Å². The number of nitrogens with zero attached hydrogens (tertiary/aromatic N) is 4. The van der Waals surface area contributed by atoms with Crippen molar-refractivity contribution in [2.45, 2.75) is 58.0 Å². The van der Waals surface area contributed by atoms with Gasteiger partial charge in [-0.2, -0.15) is 18.3 Å². The van der Waals surface area contributed by atoms with E-state index in [1.165, 1.54) is 23.0 Å². The summed E-state index contributed by atoms with van der Waals surface area (Å²) < 4.78 is 47.6. The van der Waals surface area contributed by atoms with E-state index in [0.717, 1.165) is 22.7 Å². The van der Waals surface area contributed by atoms with Crippen molar-refractivity contribution in [2.24, 2.45) is 5.92 Å². The van der Waals surface area contributed by atoms with Crippen LogP contribution in [-0.4, -0.2) is 73.3 Å². The molecule has 1 aromatic heterocycles. The number of alkyl halides is 3. The van der Waals surface area contributed by atoms with E-state index in [-0.39, 0.29) is 34.5 Å². The fraction of sp³-hybridized carbons (Fsp3) is 0.419. The maximum atomic E-state index is 13.6. The second kappa shape index (κ2) is 12.7. The molecule has 3 aromatic rings. The molecule has 0 spiro atoms. The second-order valence-electron chi connectivity index (χ2n) is 12.1. The molecule has 1 atom stereocenters. The zero-order chi connectivity index (χ0) is 32.7. The van der Waals surface area contributed by atoms with Crippen LogP contribution in [0.2, 0.25) is 5.02 Å². The predicted molar refractivity (Wildman–Crippen MR) is 165 cm³/mol. The van der Waals surface area contributed by atoms with Gasteiger partial charge in [0, 0.05) is 23.5 Å². The number of likely N-dealkylation sites (tertiary alicyclic amines) is 1. The summed E-state index contributed by atoms with van der Waals surface area (Å²) in [4.78, 5) is 41.0. The maximum absolute atomic E-state index is 13.6. The summed E-state index contributed by atoms with van der Waals surface area (Å²) in [5.74, 6) is -0.713. The Morgan fingerprint density at radius 2 is 1.87 bits per heavy atom. The van der Waals surface area contributed by atoms with Gasteiger partial charge in [-0.3, -0.25) is 19.2 Å². The number of ether oxygens (including phenoxy) is 1. The quantitative estimate of drug-likeness (QED) is 0.289. The van der Waals surface area contributed by atoms with Crippen LogP contribution < -0.4 is 0 Å². The molecule has 0 aliphatic carbocycles. The number of carbonyl (C=O) groups excluding carboxylic acids is 3. The molecule has 240 valence electrons. The summed E-state index contributed by atoms with van der Waals surface area (Å²) in [7, 11) is 0. The first kappa shape index (κ1) is 32.8. The van der Waals surface area contributed by atoms with Crippen molar-refractivity contribution < 1.29 is 37.4 Å². The van der Waals surface area contributed by atoms with Gasteiger partial charge < -0.3 is 14.7 Å². The number of hydrogen-bond acceptors (Lipinski definition) is 7. The van der Waals surface area contributed by atoms with Gasteiger partial charge in [0.05, 0.1) is 41.4 Å². The molecule has 3 amide bonds. The van der Waals surface area contributed by atoms with Crippen LogP contribution in [-0.2, 0) is 22.3 Å². The van der Waals surface area contributed by atoms with E-state index in [0.29, 0.717) is 42.4 Å². The molecule has 2 aliphatic rings. The molecule has 3 heterocycles. The number of fused-ring (bicyclic) bond motifs is 1. The Morgan fingerprint density at radius 1 is 1.16 bits per heavy atom. The number of hydrogen-bond donors (Lipinski definition) is 1. The van der Waals surface area contributed by atoms with Crippen LogP contribution in [0.1, 0.15) is 50.3 Å². The largest absolute Gasteiger partial charge is 0.444 e. The Hall–Kier alpha value is -3.55. The van der Waals surface area contributed by atoms with E-state index in [1.54, 1.807) is 49.9 Å². The number of aliphatic hydroxyl groups is 1. The summed E-state index contributed by atoms with van der Waals surface area (Å²) in [6.07, 6.45) is -1.82. The molecule has 45 heavy (non-hydrogen) atoms. The first-order valence-corrected chi connectivity index (χ1v) is 15.5. The minimum absolute atomic E-state index is 0.0133.